The van der Waals surface area contributed by atoms with Crippen molar-refractivity contribution in [1.82, 2.24) is 0 Å². The lowest BCUT2D eigenvalue weighted by Crippen LogP contribution is -2.18. The third-order valence-corrected chi connectivity index (χ3v) is 3.62. The molecule has 118 valence electrons. The molecule has 0 atom stereocenters. The van der Waals surface area contributed by atoms with Crippen molar-refractivity contribution in [1.29, 1.82) is 0 Å². The van der Waals surface area contributed by atoms with E-state index in [1.807, 2.05) is 42.5 Å². The molecule has 0 fully saturated rings. The second-order valence-corrected chi connectivity index (χ2v) is 5.25. The molecule has 0 unspecified atom stereocenters. The van der Waals surface area contributed by atoms with Gasteiger partial charge < -0.3 is 14.6 Å². The molecular weight excluding hydrogens is 305 g/mol. The van der Waals surface area contributed by atoms with Crippen LogP contribution in [0.5, 0.6) is 0 Å². The third kappa shape index (κ3) is 3.48. The summed E-state index contributed by atoms with van der Waals surface area (Å²) in [4.78, 5) is 14.5. The minimum absolute atomic E-state index is 0.139. The molecule has 0 saturated heterocycles. The van der Waals surface area contributed by atoms with Gasteiger partial charge in [0.2, 0.25) is 13.7 Å². The smallest absolute Gasteiger partial charge is 0.236 e. The highest BCUT2D eigenvalue weighted by molar-refractivity contribution is 6.55. The number of carbonyl (C=O) groups is 1. The number of ether oxygens (including phenoxy) is 2. The zero-order chi connectivity index (χ0) is 17.1. The standard InChI is InChI=1S/C18H14BNO4/c1-23-18(22)20-16-5-4-13-7-14-6-11(10-24-17(19)21)2-3-12(14)8-15(13)9-16/h2-9H,10H2,1H3,(H,20,22)/p-1. The Morgan fingerprint density at radius 3 is 2.38 bits per heavy atom. The van der Waals surface area contributed by atoms with Crippen LogP contribution in [0.3, 0.4) is 0 Å². The molecule has 24 heavy (non-hydrogen) atoms. The number of nitrogens with zero attached hydrogens (tertiary/aromatic N) is 1. The van der Waals surface area contributed by atoms with E-state index in [0.29, 0.717) is 5.69 Å². The normalized spacial score (nSPS) is 11.6. The fourth-order valence-electron chi connectivity index (χ4n) is 2.50. The average molecular weight is 318 g/mol. The van der Waals surface area contributed by atoms with Crippen molar-refractivity contribution < 1.29 is 19.4 Å². The zero-order valence-corrected chi connectivity index (χ0v) is 13.0. The number of hydrogen-bond donors (Lipinski definition) is 0. The molecule has 0 aliphatic rings. The Kier molecular flexibility index (Phi) is 4.38. The first kappa shape index (κ1) is 15.9. The quantitative estimate of drug-likeness (QED) is 0.322. The van der Waals surface area contributed by atoms with Crippen molar-refractivity contribution in [3.63, 3.8) is 0 Å². The van der Waals surface area contributed by atoms with Crippen LogP contribution >= 0.6 is 0 Å². The van der Waals surface area contributed by atoms with Crippen LogP contribution in [-0.4, -0.2) is 26.9 Å². The molecule has 0 bridgehead atoms. The third-order valence-electron chi connectivity index (χ3n) is 3.62. The van der Waals surface area contributed by atoms with Crippen molar-refractivity contribution in [2.75, 3.05) is 7.11 Å². The van der Waals surface area contributed by atoms with E-state index in [1.165, 1.54) is 7.11 Å². The van der Waals surface area contributed by atoms with Crippen LogP contribution in [0.25, 0.3) is 21.5 Å². The highest BCUT2D eigenvalue weighted by Gasteiger charge is 2.03. The summed E-state index contributed by atoms with van der Waals surface area (Å²) < 4.78 is 9.35. The first-order valence-corrected chi connectivity index (χ1v) is 7.23. The van der Waals surface area contributed by atoms with Crippen LogP contribution in [0, 0.1) is 0 Å². The number of rotatable bonds is 3. The second kappa shape index (κ2) is 6.62. The SMILES string of the molecule is [B]C(=O)OCc1ccc2cc3cc(N=C([O-])OC)ccc3cc2c1. The van der Waals surface area contributed by atoms with Gasteiger partial charge in [-0.05, 0) is 64.5 Å². The lowest BCUT2D eigenvalue weighted by molar-refractivity contribution is -0.247. The molecule has 0 aliphatic carbocycles. The Hall–Kier alpha value is -3.02. The van der Waals surface area contributed by atoms with Gasteiger partial charge in [0.05, 0.1) is 5.69 Å². The van der Waals surface area contributed by atoms with Gasteiger partial charge in [-0.3, -0.25) is 4.79 Å². The van der Waals surface area contributed by atoms with Crippen molar-refractivity contribution >= 4 is 47.0 Å². The van der Waals surface area contributed by atoms with Crippen LogP contribution in [0.15, 0.2) is 53.5 Å². The number of carbonyl (C=O) groups excluding carboxylic acids is 1. The molecule has 3 aromatic rings. The molecule has 0 aliphatic heterocycles. The minimum atomic E-state index is -0.796. The van der Waals surface area contributed by atoms with Gasteiger partial charge in [-0.15, -0.1) is 0 Å². The molecule has 3 rings (SSSR count). The molecule has 0 saturated carbocycles. The lowest BCUT2D eigenvalue weighted by atomic mass is 10.0. The van der Waals surface area contributed by atoms with E-state index < -0.39 is 12.0 Å². The van der Waals surface area contributed by atoms with Gasteiger partial charge in [0.25, 0.3) is 0 Å². The van der Waals surface area contributed by atoms with E-state index >= 15 is 0 Å². The Balaban J connectivity index is 2.01. The van der Waals surface area contributed by atoms with Gasteiger partial charge in [-0.25, -0.2) is 4.99 Å². The molecule has 6 heteroatoms. The summed E-state index contributed by atoms with van der Waals surface area (Å²) in [6.07, 6.45) is -0.630. The van der Waals surface area contributed by atoms with Crippen LogP contribution in [0.4, 0.5) is 10.5 Å². The largest absolute Gasteiger partial charge is 0.603 e. The maximum Gasteiger partial charge on any atom is 0.236 e. The maximum atomic E-state index is 11.2. The van der Waals surface area contributed by atoms with Crippen LogP contribution in [0.1, 0.15) is 5.56 Å². The van der Waals surface area contributed by atoms with Crippen molar-refractivity contribution in [3.05, 3.63) is 54.1 Å². The topological polar surface area (TPSA) is 71.0 Å². The van der Waals surface area contributed by atoms with Crippen molar-refractivity contribution in [3.8, 4) is 0 Å². The highest BCUT2D eigenvalue weighted by Crippen LogP contribution is 2.27. The predicted octanol–water partition coefficient (Wildman–Crippen LogP) is 2.79. The van der Waals surface area contributed by atoms with Crippen molar-refractivity contribution in [2.24, 2.45) is 4.99 Å². The fraction of sp³-hybridized carbons (Fsp3) is 0.111. The number of aliphatic imine (C=N–C) groups is 1. The van der Waals surface area contributed by atoms with E-state index in [-0.39, 0.29) is 6.61 Å². The Morgan fingerprint density at radius 1 is 1.04 bits per heavy atom. The van der Waals surface area contributed by atoms with E-state index in [4.69, 9.17) is 12.6 Å². The first-order chi connectivity index (χ1) is 11.5. The Morgan fingerprint density at radius 2 is 1.71 bits per heavy atom. The summed E-state index contributed by atoms with van der Waals surface area (Å²) in [5, 5.41) is 15.3. The highest BCUT2D eigenvalue weighted by atomic mass is 16.6. The van der Waals surface area contributed by atoms with E-state index in [2.05, 4.69) is 9.73 Å². The first-order valence-electron chi connectivity index (χ1n) is 7.23. The van der Waals surface area contributed by atoms with Crippen LogP contribution in [0.2, 0.25) is 0 Å². The summed E-state index contributed by atoms with van der Waals surface area (Å²) in [5.74, 6) is -0.796. The predicted molar refractivity (Wildman–Crippen MR) is 91.5 cm³/mol. The fourth-order valence-corrected chi connectivity index (χ4v) is 2.50. The minimum Gasteiger partial charge on any atom is -0.603 e. The second-order valence-electron chi connectivity index (χ2n) is 5.25. The number of benzene rings is 3. The molecule has 2 radical (unpaired) electrons. The van der Waals surface area contributed by atoms with Gasteiger partial charge >= 0.3 is 0 Å². The summed E-state index contributed by atoms with van der Waals surface area (Å²) in [6, 6.07) is 15.3. The summed E-state index contributed by atoms with van der Waals surface area (Å²) in [5.41, 5.74) is 1.40. The van der Waals surface area contributed by atoms with Gasteiger partial charge in [0, 0.05) is 0 Å². The van der Waals surface area contributed by atoms with E-state index in [0.717, 1.165) is 27.1 Å². The zero-order valence-electron chi connectivity index (χ0n) is 13.0. The molecule has 0 spiro atoms. The Bertz CT molecular complexity index is 952. The van der Waals surface area contributed by atoms with Gasteiger partial charge in [-0.1, -0.05) is 18.2 Å². The molecule has 0 aromatic heterocycles. The maximum absolute atomic E-state index is 11.2. The number of fused-ring (bicyclic) bond motifs is 2. The van der Waals surface area contributed by atoms with Gasteiger partial charge in [-0.2, -0.15) is 0 Å². The van der Waals surface area contributed by atoms with E-state index in [9.17, 15) is 9.90 Å². The molecule has 0 amide bonds. The average Bonchev–Trinajstić information content (AvgIpc) is 2.57. The van der Waals surface area contributed by atoms with Crippen LogP contribution < -0.4 is 5.11 Å². The molecule has 5 nitrogen and oxygen atoms in total. The lowest BCUT2D eigenvalue weighted by Gasteiger charge is -2.08. The summed E-state index contributed by atoms with van der Waals surface area (Å²) in [6.45, 7) is 0.139. The van der Waals surface area contributed by atoms with Gasteiger partial charge in [0.15, 0.2) is 6.08 Å². The van der Waals surface area contributed by atoms with Crippen molar-refractivity contribution in [2.45, 2.75) is 6.61 Å². The van der Waals surface area contributed by atoms with Crippen LogP contribution in [-0.2, 0) is 16.1 Å². The molecular formula is C18H13BNO4-. The van der Waals surface area contributed by atoms with Gasteiger partial charge in [0.1, 0.15) is 6.61 Å². The monoisotopic (exact) mass is 318 g/mol. The summed E-state index contributed by atoms with van der Waals surface area (Å²) >= 11 is 0. The molecule has 3 aromatic carbocycles. The number of hydrogen-bond acceptors (Lipinski definition) is 5. The van der Waals surface area contributed by atoms with E-state index in [1.54, 1.807) is 6.07 Å². The summed E-state index contributed by atoms with van der Waals surface area (Å²) in [7, 11) is 6.27. The Labute approximate surface area is 139 Å². The molecule has 0 heterocycles. The number of methoxy groups -OCH3 is 1. The molecule has 0 N–H and O–H groups in total.